The summed E-state index contributed by atoms with van der Waals surface area (Å²) < 4.78 is 32.0. The van der Waals surface area contributed by atoms with Crippen LogP contribution in [-0.2, 0) is 14.8 Å². The predicted molar refractivity (Wildman–Crippen MR) is 95.9 cm³/mol. The number of benzene rings is 2. The molecule has 2 N–H and O–H groups in total. The molecule has 0 spiro atoms. The third-order valence-electron chi connectivity index (χ3n) is 3.47. The topological polar surface area (TPSA) is 84.5 Å². The van der Waals surface area contributed by atoms with Crippen LogP contribution < -0.4 is 14.8 Å². The Balaban J connectivity index is 1.65. The summed E-state index contributed by atoms with van der Waals surface area (Å²) in [4.78, 5) is 11.9. The van der Waals surface area contributed by atoms with E-state index in [-0.39, 0.29) is 23.8 Å². The number of rotatable bonds is 9. The quantitative estimate of drug-likeness (QED) is 0.667. The Morgan fingerprint density at radius 2 is 1.68 bits per heavy atom. The highest BCUT2D eigenvalue weighted by molar-refractivity contribution is 7.89. The first-order valence-corrected chi connectivity index (χ1v) is 9.47. The van der Waals surface area contributed by atoms with Crippen LogP contribution in [0, 0.1) is 6.92 Å². The molecular weight excluding hydrogens is 340 g/mol. The highest BCUT2D eigenvalue weighted by atomic mass is 32.2. The minimum atomic E-state index is -3.58. The molecule has 0 aliphatic rings. The van der Waals surface area contributed by atoms with Gasteiger partial charge >= 0.3 is 0 Å². The number of aryl methyl sites for hydroxylation is 1. The van der Waals surface area contributed by atoms with Crippen LogP contribution in [0.15, 0.2) is 59.5 Å². The molecule has 0 heterocycles. The van der Waals surface area contributed by atoms with Crippen molar-refractivity contribution in [1.82, 2.24) is 10.0 Å². The monoisotopic (exact) mass is 362 g/mol. The molecule has 7 heteroatoms. The second kappa shape index (κ2) is 9.19. The van der Waals surface area contributed by atoms with Gasteiger partial charge < -0.3 is 10.1 Å². The summed E-state index contributed by atoms with van der Waals surface area (Å²) in [5, 5.41) is 2.70. The number of sulfonamides is 1. The van der Waals surface area contributed by atoms with Gasteiger partial charge in [0, 0.05) is 13.0 Å². The van der Waals surface area contributed by atoms with Crippen LogP contribution in [0.25, 0.3) is 0 Å². The predicted octanol–water partition coefficient (Wildman–Crippen LogP) is 1.86. The maximum Gasteiger partial charge on any atom is 0.240 e. The van der Waals surface area contributed by atoms with E-state index >= 15 is 0 Å². The highest BCUT2D eigenvalue weighted by Crippen LogP contribution is 2.15. The summed E-state index contributed by atoms with van der Waals surface area (Å²) >= 11 is 0. The molecule has 0 fully saturated rings. The molecule has 0 saturated carbocycles. The lowest BCUT2D eigenvalue weighted by Gasteiger charge is -2.10. The Hall–Kier alpha value is -2.38. The minimum Gasteiger partial charge on any atom is -0.491 e. The van der Waals surface area contributed by atoms with Crippen molar-refractivity contribution in [1.29, 1.82) is 0 Å². The zero-order valence-corrected chi connectivity index (χ0v) is 14.9. The van der Waals surface area contributed by atoms with Crippen molar-refractivity contribution in [2.45, 2.75) is 18.2 Å². The smallest absolute Gasteiger partial charge is 0.240 e. The fourth-order valence-corrected chi connectivity index (χ4v) is 3.19. The second-order valence-electron chi connectivity index (χ2n) is 5.42. The Labute approximate surface area is 148 Å². The Bertz CT molecular complexity index is 792. The minimum absolute atomic E-state index is 0.0434. The summed E-state index contributed by atoms with van der Waals surface area (Å²) in [7, 11) is -3.58. The molecule has 6 nitrogen and oxygen atoms in total. The molecule has 0 aliphatic carbocycles. The van der Waals surface area contributed by atoms with E-state index in [0.717, 1.165) is 11.3 Å². The summed E-state index contributed by atoms with van der Waals surface area (Å²) in [6.45, 7) is 2.71. The lowest BCUT2D eigenvalue weighted by molar-refractivity contribution is -0.121. The summed E-state index contributed by atoms with van der Waals surface area (Å²) in [5.41, 5.74) is 1.03. The number of hydrogen-bond acceptors (Lipinski definition) is 4. The highest BCUT2D eigenvalue weighted by Gasteiger charge is 2.13. The molecule has 2 aromatic rings. The molecule has 0 saturated heterocycles. The van der Waals surface area contributed by atoms with Gasteiger partial charge in [-0.25, -0.2) is 13.1 Å². The van der Waals surface area contributed by atoms with Gasteiger partial charge in [0.1, 0.15) is 12.4 Å². The van der Waals surface area contributed by atoms with E-state index in [4.69, 9.17) is 4.74 Å². The number of hydrogen-bond donors (Lipinski definition) is 2. The fraction of sp³-hybridized carbons (Fsp3) is 0.278. The third kappa shape index (κ3) is 6.21. The summed E-state index contributed by atoms with van der Waals surface area (Å²) in [5.74, 6) is 0.552. The largest absolute Gasteiger partial charge is 0.491 e. The van der Waals surface area contributed by atoms with Gasteiger partial charge in [0.2, 0.25) is 15.9 Å². The molecule has 0 radical (unpaired) electrons. The van der Waals surface area contributed by atoms with Crippen LogP contribution in [0.5, 0.6) is 5.75 Å². The van der Waals surface area contributed by atoms with Gasteiger partial charge in [0.25, 0.3) is 0 Å². The van der Waals surface area contributed by atoms with E-state index in [1.54, 1.807) is 18.2 Å². The summed E-state index contributed by atoms with van der Waals surface area (Å²) in [6.07, 6.45) is 0.0659. The van der Waals surface area contributed by atoms with Gasteiger partial charge in [-0.15, -0.1) is 0 Å². The first kappa shape index (κ1) is 19.0. The number of nitrogens with one attached hydrogen (secondary N) is 2. The number of ether oxygens (including phenoxy) is 1. The van der Waals surface area contributed by atoms with Gasteiger partial charge in [0.05, 0.1) is 11.4 Å². The van der Waals surface area contributed by atoms with E-state index in [9.17, 15) is 13.2 Å². The van der Waals surface area contributed by atoms with Crippen LogP contribution in [0.3, 0.4) is 0 Å². The van der Waals surface area contributed by atoms with Crippen LogP contribution in [0.2, 0.25) is 0 Å². The van der Waals surface area contributed by atoms with Gasteiger partial charge in [-0.3, -0.25) is 4.79 Å². The van der Waals surface area contributed by atoms with Crippen LogP contribution in [0.1, 0.15) is 12.0 Å². The van der Waals surface area contributed by atoms with Crippen molar-refractivity contribution in [2.75, 3.05) is 19.7 Å². The average molecular weight is 362 g/mol. The van der Waals surface area contributed by atoms with Crippen molar-refractivity contribution in [2.24, 2.45) is 0 Å². The standard InChI is InChI=1S/C18H22N2O4S/c1-15-7-5-6-10-17(15)24-14-13-19-18(21)11-12-20-25(22,23)16-8-3-2-4-9-16/h2-10,20H,11-14H2,1H3,(H,19,21). The SMILES string of the molecule is Cc1ccccc1OCCNC(=O)CCNS(=O)(=O)c1ccccc1. The van der Waals surface area contributed by atoms with Gasteiger partial charge in [-0.05, 0) is 30.7 Å². The number of amides is 1. The van der Waals surface area contributed by atoms with Crippen LogP contribution >= 0.6 is 0 Å². The van der Waals surface area contributed by atoms with Crippen molar-refractivity contribution < 1.29 is 17.9 Å². The number of carbonyl (C=O) groups excluding carboxylic acids is 1. The van der Waals surface area contributed by atoms with E-state index in [2.05, 4.69) is 10.0 Å². The van der Waals surface area contributed by atoms with Crippen LogP contribution in [-0.4, -0.2) is 34.0 Å². The summed E-state index contributed by atoms with van der Waals surface area (Å²) in [6, 6.07) is 15.7. The fourth-order valence-electron chi connectivity index (χ4n) is 2.14. The molecule has 2 aromatic carbocycles. The van der Waals surface area contributed by atoms with Crippen molar-refractivity contribution in [3.05, 3.63) is 60.2 Å². The molecule has 0 aliphatic heterocycles. The lowest BCUT2D eigenvalue weighted by atomic mass is 10.2. The van der Waals surface area contributed by atoms with Crippen LogP contribution in [0.4, 0.5) is 0 Å². The van der Waals surface area contributed by atoms with Gasteiger partial charge in [0.15, 0.2) is 0 Å². The molecule has 0 atom stereocenters. The van der Waals surface area contributed by atoms with Crippen molar-refractivity contribution >= 4 is 15.9 Å². The Kier molecular flexibility index (Phi) is 6.97. The van der Waals surface area contributed by atoms with E-state index in [1.807, 2.05) is 31.2 Å². The maximum absolute atomic E-state index is 12.0. The Morgan fingerprint density at radius 3 is 2.40 bits per heavy atom. The molecule has 0 aromatic heterocycles. The molecular formula is C18H22N2O4S. The number of carbonyl (C=O) groups is 1. The number of para-hydroxylation sites is 1. The molecule has 2 rings (SSSR count). The van der Waals surface area contributed by atoms with E-state index in [1.165, 1.54) is 12.1 Å². The lowest BCUT2D eigenvalue weighted by Crippen LogP contribution is -2.32. The first-order valence-electron chi connectivity index (χ1n) is 7.99. The third-order valence-corrected chi connectivity index (χ3v) is 4.95. The molecule has 25 heavy (non-hydrogen) atoms. The molecule has 0 bridgehead atoms. The first-order chi connectivity index (χ1) is 12.0. The van der Waals surface area contributed by atoms with Gasteiger partial charge in [-0.2, -0.15) is 0 Å². The second-order valence-corrected chi connectivity index (χ2v) is 7.19. The maximum atomic E-state index is 12.0. The van der Waals surface area contributed by atoms with Crippen molar-refractivity contribution in [3.8, 4) is 5.75 Å². The zero-order valence-electron chi connectivity index (χ0n) is 14.1. The van der Waals surface area contributed by atoms with E-state index < -0.39 is 10.0 Å². The van der Waals surface area contributed by atoms with Crippen molar-refractivity contribution in [3.63, 3.8) is 0 Å². The molecule has 0 unspecified atom stereocenters. The van der Waals surface area contributed by atoms with E-state index in [0.29, 0.717) is 13.2 Å². The normalized spacial score (nSPS) is 11.1. The zero-order chi connectivity index (χ0) is 18.1. The Morgan fingerprint density at radius 1 is 1.00 bits per heavy atom. The average Bonchev–Trinajstić information content (AvgIpc) is 2.61. The van der Waals surface area contributed by atoms with Gasteiger partial charge in [-0.1, -0.05) is 36.4 Å². The molecule has 134 valence electrons. The molecule has 1 amide bonds.